The fourth-order valence-corrected chi connectivity index (χ4v) is 1.98. The largest absolute Gasteiger partial charge is 0.369 e. The first-order chi connectivity index (χ1) is 9.94. The van der Waals surface area contributed by atoms with Gasteiger partial charge in [0.2, 0.25) is 0 Å². The van der Waals surface area contributed by atoms with E-state index in [0.717, 1.165) is 30.2 Å². The molecule has 2 heterocycles. The van der Waals surface area contributed by atoms with E-state index in [0.29, 0.717) is 0 Å². The van der Waals surface area contributed by atoms with E-state index in [1.54, 1.807) is 0 Å². The number of hydrogen-bond donors (Lipinski definition) is 1. The fraction of sp³-hybridized carbons (Fsp3) is 0.412. The Labute approximate surface area is 127 Å². The second-order valence-electron chi connectivity index (χ2n) is 6.29. The van der Waals surface area contributed by atoms with Crippen LogP contribution in [0.5, 0.6) is 0 Å². The molecule has 4 heteroatoms. The van der Waals surface area contributed by atoms with Crippen molar-refractivity contribution in [3.63, 3.8) is 0 Å². The van der Waals surface area contributed by atoms with E-state index >= 15 is 0 Å². The van der Waals surface area contributed by atoms with Crippen molar-refractivity contribution in [2.45, 2.75) is 39.4 Å². The molecule has 0 radical (unpaired) electrons. The third-order valence-electron chi connectivity index (χ3n) is 3.17. The van der Waals surface area contributed by atoms with E-state index in [4.69, 9.17) is 0 Å². The Morgan fingerprint density at radius 3 is 2.48 bits per heavy atom. The highest BCUT2D eigenvalue weighted by Crippen LogP contribution is 2.15. The Morgan fingerprint density at radius 2 is 1.81 bits per heavy atom. The lowest BCUT2D eigenvalue weighted by atomic mass is 10.1. The third-order valence-corrected chi connectivity index (χ3v) is 3.17. The molecular weight excluding hydrogens is 260 g/mol. The summed E-state index contributed by atoms with van der Waals surface area (Å²) in [7, 11) is 2.07. The van der Waals surface area contributed by atoms with E-state index in [1.165, 1.54) is 0 Å². The summed E-state index contributed by atoms with van der Waals surface area (Å²) < 4.78 is 0. The summed E-state index contributed by atoms with van der Waals surface area (Å²) in [6.45, 7) is 8.03. The lowest BCUT2D eigenvalue weighted by Gasteiger charge is -2.22. The molecule has 0 amide bonds. The molecular formula is C17H24N4. The third kappa shape index (κ3) is 5.16. The van der Waals surface area contributed by atoms with Gasteiger partial charge in [0.15, 0.2) is 0 Å². The van der Waals surface area contributed by atoms with Crippen LogP contribution in [0.15, 0.2) is 42.7 Å². The summed E-state index contributed by atoms with van der Waals surface area (Å²) in [6, 6.07) is 10.2. The zero-order chi connectivity index (χ0) is 15.3. The molecule has 21 heavy (non-hydrogen) atoms. The van der Waals surface area contributed by atoms with Crippen molar-refractivity contribution in [2.24, 2.45) is 0 Å². The summed E-state index contributed by atoms with van der Waals surface area (Å²) in [4.78, 5) is 11.0. The first-order valence-corrected chi connectivity index (χ1v) is 7.25. The van der Waals surface area contributed by atoms with Crippen molar-refractivity contribution in [3.05, 3.63) is 54.1 Å². The van der Waals surface area contributed by atoms with Crippen LogP contribution in [0, 0.1) is 0 Å². The molecule has 0 atom stereocenters. The molecule has 0 aromatic carbocycles. The number of nitrogens with zero attached hydrogens (tertiary/aromatic N) is 3. The number of hydrogen-bond acceptors (Lipinski definition) is 4. The second-order valence-corrected chi connectivity index (χ2v) is 6.29. The Kier molecular flexibility index (Phi) is 4.91. The van der Waals surface area contributed by atoms with Gasteiger partial charge >= 0.3 is 0 Å². The first-order valence-electron chi connectivity index (χ1n) is 7.25. The Morgan fingerprint density at radius 1 is 1.05 bits per heavy atom. The molecule has 0 spiro atoms. The molecule has 112 valence electrons. The normalized spacial score (nSPS) is 11.4. The fourth-order valence-electron chi connectivity index (χ4n) is 1.98. The van der Waals surface area contributed by atoms with E-state index in [-0.39, 0.29) is 5.54 Å². The highest BCUT2D eigenvalue weighted by molar-refractivity contribution is 5.46. The van der Waals surface area contributed by atoms with Crippen LogP contribution in [-0.4, -0.2) is 22.6 Å². The van der Waals surface area contributed by atoms with Gasteiger partial charge in [-0.1, -0.05) is 6.07 Å². The van der Waals surface area contributed by atoms with Crippen molar-refractivity contribution in [1.29, 1.82) is 0 Å². The van der Waals surface area contributed by atoms with Gasteiger partial charge in [0.1, 0.15) is 0 Å². The first kappa shape index (κ1) is 15.4. The molecule has 0 bridgehead atoms. The van der Waals surface area contributed by atoms with Gasteiger partial charge in [-0.15, -0.1) is 0 Å². The molecule has 1 N–H and O–H groups in total. The van der Waals surface area contributed by atoms with Gasteiger partial charge < -0.3 is 10.2 Å². The molecule has 0 saturated heterocycles. The minimum Gasteiger partial charge on any atom is -0.369 e. The number of anilines is 1. The van der Waals surface area contributed by atoms with Gasteiger partial charge in [-0.3, -0.25) is 9.97 Å². The molecule has 0 saturated carbocycles. The van der Waals surface area contributed by atoms with Gasteiger partial charge in [-0.05, 0) is 45.0 Å². The van der Waals surface area contributed by atoms with Crippen LogP contribution in [-0.2, 0) is 13.1 Å². The second kappa shape index (κ2) is 6.68. The maximum Gasteiger partial charge on any atom is 0.0598 e. The smallest absolute Gasteiger partial charge is 0.0598 e. The van der Waals surface area contributed by atoms with Crippen LogP contribution in [0.25, 0.3) is 0 Å². The molecule has 0 aliphatic carbocycles. The Bertz CT molecular complexity index is 561. The van der Waals surface area contributed by atoms with Crippen molar-refractivity contribution < 1.29 is 0 Å². The molecule has 4 nitrogen and oxygen atoms in total. The van der Waals surface area contributed by atoms with Crippen molar-refractivity contribution in [3.8, 4) is 0 Å². The molecule has 2 aromatic heterocycles. The van der Waals surface area contributed by atoms with Crippen LogP contribution in [0.3, 0.4) is 0 Å². The average Bonchev–Trinajstić information content (AvgIpc) is 2.46. The summed E-state index contributed by atoms with van der Waals surface area (Å²) in [5.74, 6) is 0. The van der Waals surface area contributed by atoms with Crippen LogP contribution in [0.4, 0.5) is 5.69 Å². The Hall–Kier alpha value is -1.94. The minimum absolute atomic E-state index is 0.0948. The molecule has 0 aliphatic heterocycles. The summed E-state index contributed by atoms with van der Waals surface area (Å²) in [5.41, 5.74) is 3.36. The topological polar surface area (TPSA) is 41.1 Å². The summed E-state index contributed by atoms with van der Waals surface area (Å²) in [5, 5.41) is 3.46. The van der Waals surface area contributed by atoms with Crippen molar-refractivity contribution in [2.75, 3.05) is 11.9 Å². The average molecular weight is 284 g/mol. The van der Waals surface area contributed by atoms with Crippen molar-refractivity contribution >= 4 is 5.69 Å². The molecule has 2 aromatic rings. The molecule has 0 aliphatic rings. The highest BCUT2D eigenvalue weighted by atomic mass is 15.1. The van der Waals surface area contributed by atoms with E-state index in [1.807, 2.05) is 36.7 Å². The molecule has 0 unspecified atom stereocenters. The lowest BCUT2D eigenvalue weighted by molar-refractivity contribution is 0.421. The SMILES string of the molecule is CN(Cc1ccccn1)c1ccnc(CNC(C)(C)C)c1. The lowest BCUT2D eigenvalue weighted by Crippen LogP contribution is -2.35. The standard InChI is InChI=1S/C17H24N4/c1-17(2,3)20-12-15-11-16(8-10-19-15)21(4)13-14-7-5-6-9-18-14/h5-11,20H,12-13H2,1-4H3. The van der Waals surface area contributed by atoms with E-state index in [9.17, 15) is 0 Å². The summed E-state index contributed by atoms with van der Waals surface area (Å²) >= 11 is 0. The number of rotatable bonds is 5. The molecule has 2 rings (SSSR count). The summed E-state index contributed by atoms with van der Waals surface area (Å²) in [6.07, 6.45) is 3.69. The predicted octanol–water partition coefficient (Wildman–Crippen LogP) is 3.00. The van der Waals surface area contributed by atoms with E-state index in [2.05, 4.69) is 54.1 Å². The van der Waals surface area contributed by atoms with Crippen molar-refractivity contribution in [1.82, 2.24) is 15.3 Å². The van der Waals surface area contributed by atoms with Gasteiger partial charge in [0, 0.05) is 37.2 Å². The number of nitrogens with one attached hydrogen (secondary N) is 1. The highest BCUT2D eigenvalue weighted by Gasteiger charge is 2.10. The van der Waals surface area contributed by atoms with Crippen LogP contribution < -0.4 is 10.2 Å². The van der Waals surface area contributed by atoms with Crippen LogP contribution in [0.1, 0.15) is 32.2 Å². The molecule has 0 fully saturated rings. The predicted molar refractivity (Wildman–Crippen MR) is 87.2 cm³/mol. The zero-order valence-electron chi connectivity index (χ0n) is 13.3. The number of pyridine rings is 2. The van der Waals surface area contributed by atoms with Gasteiger partial charge in [-0.25, -0.2) is 0 Å². The Balaban J connectivity index is 2.03. The van der Waals surface area contributed by atoms with Gasteiger partial charge in [0.25, 0.3) is 0 Å². The number of aromatic nitrogens is 2. The van der Waals surface area contributed by atoms with E-state index < -0.39 is 0 Å². The van der Waals surface area contributed by atoms with Gasteiger partial charge in [-0.2, -0.15) is 0 Å². The minimum atomic E-state index is 0.0948. The van der Waals surface area contributed by atoms with Gasteiger partial charge in [0.05, 0.1) is 17.9 Å². The maximum absolute atomic E-state index is 4.43. The maximum atomic E-state index is 4.43. The monoisotopic (exact) mass is 284 g/mol. The quantitative estimate of drug-likeness (QED) is 0.916. The van der Waals surface area contributed by atoms with Crippen LogP contribution >= 0.6 is 0 Å². The van der Waals surface area contributed by atoms with Crippen LogP contribution in [0.2, 0.25) is 0 Å². The zero-order valence-corrected chi connectivity index (χ0v) is 13.3.